The molecule has 4 rings (SSSR count). The molecule has 0 N–H and O–H groups in total. The van der Waals surface area contributed by atoms with Gasteiger partial charge in [-0.25, -0.2) is 13.1 Å². The van der Waals surface area contributed by atoms with Crippen LogP contribution in [0.4, 0.5) is 14.5 Å². The summed E-state index contributed by atoms with van der Waals surface area (Å²) in [5.41, 5.74) is 0.851. The van der Waals surface area contributed by atoms with Crippen LogP contribution in [0, 0.1) is 11.6 Å². The Bertz CT molecular complexity index is 1330. The van der Waals surface area contributed by atoms with E-state index in [2.05, 4.69) is 12.0 Å². The van der Waals surface area contributed by atoms with E-state index in [-0.39, 0.29) is 18.0 Å². The van der Waals surface area contributed by atoms with Crippen LogP contribution in [-0.4, -0.2) is 70.6 Å². The molecule has 1 aliphatic rings. The Kier molecular flexibility index (Phi) is 9.82. The molecule has 1 fully saturated rings. The first-order valence-electron chi connectivity index (χ1n) is 13.2. The molecule has 0 bridgehead atoms. The minimum Gasteiger partial charge on any atom is -0.484 e. The highest BCUT2D eigenvalue weighted by Crippen LogP contribution is 2.27. The monoisotopic (exact) mass is 562 g/mol. The van der Waals surface area contributed by atoms with Crippen molar-refractivity contribution >= 4 is 15.8 Å². The minimum atomic E-state index is -2.61. The van der Waals surface area contributed by atoms with Crippen molar-refractivity contribution in [2.45, 2.75) is 25.5 Å². The van der Waals surface area contributed by atoms with Crippen LogP contribution >= 0.6 is 0 Å². The van der Waals surface area contributed by atoms with Gasteiger partial charge in [-0.15, -0.1) is 0 Å². The Hall–Kier alpha value is -3.15. The van der Waals surface area contributed by atoms with E-state index in [1.54, 1.807) is 0 Å². The number of hydrogen-bond donors (Lipinski definition) is 1. The topological polar surface area (TPSA) is 76.9 Å². The van der Waals surface area contributed by atoms with Gasteiger partial charge in [0, 0.05) is 50.9 Å². The highest BCUT2D eigenvalue weighted by atomic mass is 32.3. The number of ether oxygens (including phenoxy) is 2. The summed E-state index contributed by atoms with van der Waals surface area (Å²) in [5, 5.41) is 4.21. The van der Waals surface area contributed by atoms with Gasteiger partial charge in [-0.1, -0.05) is 53.8 Å². The van der Waals surface area contributed by atoms with E-state index in [4.69, 9.17) is 9.47 Å². The number of aromatic nitrogens is 2. The summed E-state index contributed by atoms with van der Waals surface area (Å²) in [6.45, 7) is 5.19. The van der Waals surface area contributed by atoms with Gasteiger partial charge in [-0.3, -0.25) is 9.00 Å². The molecule has 0 radical (unpaired) electrons. The maximum absolute atomic E-state index is 13.9. The molecule has 3 aromatic rings. The number of thiol groups is 1. The molecule has 0 spiro atoms. The van der Waals surface area contributed by atoms with E-state index < -0.39 is 27.3 Å². The van der Waals surface area contributed by atoms with Crippen LogP contribution in [-0.2, 0) is 20.6 Å². The summed E-state index contributed by atoms with van der Waals surface area (Å²) in [6, 6.07) is 12.6. The summed E-state index contributed by atoms with van der Waals surface area (Å²) in [4.78, 5) is 15.4. The average molecular weight is 563 g/mol. The molecule has 0 aliphatic carbocycles. The lowest BCUT2D eigenvalue weighted by atomic mass is 10.2. The largest absolute Gasteiger partial charge is 0.484 e. The summed E-state index contributed by atoms with van der Waals surface area (Å²) in [6.07, 6.45) is 5.22. The summed E-state index contributed by atoms with van der Waals surface area (Å²) in [7, 11) is -2.61. The van der Waals surface area contributed by atoms with Crippen molar-refractivity contribution in [3.05, 3.63) is 82.3 Å². The molecular weight excluding hydrogens is 526 g/mol. The van der Waals surface area contributed by atoms with Gasteiger partial charge in [0.15, 0.2) is 0 Å². The van der Waals surface area contributed by atoms with Gasteiger partial charge in [-0.05, 0) is 24.1 Å². The van der Waals surface area contributed by atoms with Gasteiger partial charge < -0.3 is 14.4 Å². The first-order chi connectivity index (χ1) is 18.8. The molecule has 11 heteroatoms. The van der Waals surface area contributed by atoms with Crippen molar-refractivity contribution in [2.75, 3.05) is 57.2 Å². The van der Waals surface area contributed by atoms with Gasteiger partial charge in [0.2, 0.25) is 5.75 Å². The number of nitrogens with zero attached hydrogens (tertiary/aromatic N) is 4. The zero-order valence-electron chi connectivity index (χ0n) is 22.4. The predicted octanol–water partition coefficient (Wildman–Crippen LogP) is 3.59. The molecule has 1 aliphatic heterocycles. The number of anilines is 1. The molecule has 2 aromatic carbocycles. The molecule has 0 amide bonds. The molecule has 0 atom stereocenters. The Balaban J connectivity index is 1.53. The Morgan fingerprint density at radius 2 is 1.67 bits per heavy atom. The van der Waals surface area contributed by atoms with Crippen LogP contribution < -0.4 is 15.2 Å². The second kappa shape index (κ2) is 13.3. The van der Waals surface area contributed by atoms with Crippen LogP contribution in [0.2, 0.25) is 0 Å². The Morgan fingerprint density at radius 3 is 2.33 bits per heavy atom. The molecule has 1 saturated heterocycles. The number of piperazine rings is 1. The smallest absolute Gasteiger partial charge is 0.316 e. The van der Waals surface area contributed by atoms with E-state index in [0.717, 1.165) is 41.3 Å². The van der Waals surface area contributed by atoms with Crippen LogP contribution in [0.15, 0.2) is 59.5 Å². The van der Waals surface area contributed by atoms with Crippen molar-refractivity contribution in [3.63, 3.8) is 0 Å². The zero-order valence-corrected chi connectivity index (χ0v) is 23.3. The van der Waals surface area contributed by atoms with Crippen LogP contribution in [0.1, 0.15) is 25.3 Å². The minimum absolute atomic E-state index is 0.0335. The summed E-state index contributed by atoms with van der Waals surface area (Å²) >= 11 is 0. The SMILES string of the molecule is CCCCOCCOc1c(N2CCN([SH](C)(=O)Cc3ccccc3)CC2)cnn(-c2cc(F)cc(F)c2)c1=O. The quantitative estimate of drug-likeness (QED) is 0.269. The fourth-order valence-electron chi connectivity index (χ4n) is 4.57. The molecule has 212 valence electrons. The number of unbranched alkanes of at least 4 members (excludes halogenated alkanes) is 1. The first-order valence-corrected chi connectivity index (χ1v) is 15.5. The number of halogens is 2. The standard InChI is InChI=1S/C28H36F2N4O4S/c1-3-4-14-37-15-16-38-27-26(20-31-34(28(27)35)25-18-23(29)17-24(30)19-25)32-10-12-33(13-11-32)39(2,36)21-22-8-6-5-7-9-22/h5-9,17-20,39H,3-4,10-16,21H2,1-2H3. The van der Waals surface area contributed by atoms with Crippen molar-refractivity contribution in [1.82, 2.24) is 14.1 Å². The van der Waals surface area contributed by atoms with E-state index in [9.17, 15) is 17.8 Å². The van der Waals surface area contributed by atoms with Crippen molar-refractivity contribution in [2.24, 2.45) is 0 Å². The highest BCUT2D eigenvalue weighted by Gasteiger charge is 2.28. The van der Waals surface area contributed by atoms with E-state index >= 15 is 0 Å². The van der Waals surface area contributed by atoms with Gasteiger partial charge >= 0.3 is 5.56 Å². The Morgan fingerprint density at radius 1 is 0.974 bits per heavy atom. The van der Waals surface area contributed by atoms with E-state index in [1.807, 2.05) is 45.8 Å². The Labute approximate surface area is 228 Å². The number of hydrogen-bond acceptors (Lipinski definition) is 6. The number of rotatable bonds is 12. The fourth-order valence-corrected chi connectivity index (χ4v) is 6.68. The second-order valence-electron chi connectivity index (χ2n) is 9.65. The lowest BCUT2D eigenvalue weighted by Gasteiger charge is -2.41. The summed E-state index contributed by atoms with van der Waals surface area (Å²) < 4.78 is 55.7. The fraction of sp³-hybridized carbons (Fsp3) is 0.429. The first kappa shape index (κ1) is 28.8. The van der Waals surface area contributed by atoms with Crippen molar-refractivity contribution < 1.29 is 22.5 Å². The average Bonchev–Trinajstić information content (AvgIpc) is 2.91. The van der Waals surface area contributed by atoms with Gasteiger partial charge in [0.25, 0.3) is 0 Å². The van der Waals surface area contributed by atoms with E-state index in [1.165, 1.54) is 6.20 Å². The van der Waals surface area contributed by atoms with Crippen molar-refractivity contribution in [1.29, 1.82) is 0 Å². The van der Waals surface area contributed by atoms with Crippen LogP contribution in [0.5, 0.6) is 5.75 Å². The maximum Gasteiger partial charge on any atom is 0.316 e. The maximum atomic E-state index is 13.9. The normalized spacial score (nSPS) is 14.9. The molecular formula is C28H36F2N4O4S. The number of benzene rings is 2. The third-order valence-electron chi connectivity index (χ3n) is 6.64. The van der Waals surface area contributed by atoms with Crippen LogP contribution in [0.25, 0.3) is 5.69 Å². The summed E-state index contributed by atoms with van der Waals surface area (Å²) in [5.74, 6) is -1.11. The van der Waals surface area contributed by atoms with Crippen LogP contribution in [0.3, 0.4) is 0 Å². The third-order valence-corrected chi connectivity index (χ3v) is 9.19. The van der Waals surface area contributed by atoms with Gasteiger partial charge in [-0.2, -0.15) is 9.78 Å². The highest BCUT2D eigenvalue weighted by molar-refractivity contribution is 7.99. The lowest BCUT2D eigenvalue weighted by molar-refractivity contribution is 0.0974. The predicted molar refractivity (Wildman–Crippen MR) is 150 cm³/mol. The molecule has 1 aromatic heterocycles. The van der Waals surface area contributed by atoms with E-state index in [0.29, 0.717) is 50.8 Å². The zero-order chi connectivity index (χ0) is 27.8. The molecule has 2 heterocycles. The molecule has 0 saturated carbocycles. The molecule has 0 unspecified atom stereocenters. The molecule has 39 heavy (non-hydrogen) atoms. The second-order valence-corrected chi connectivity index (χ2v) is 12.6. The van der Waals surface area contributed by atoms with Gasteiger partial charge in [0.1, 0.15) is 23.9 Å². The lowest BCUT2D eigenvalue weighted by Crippen LogP contribution is -2.51. The van der Waals surface area contributed by atoms with Gasteiger partial charge in [0.05, 0.1) is 18.5 Å². The molecule has 8 nitrogen and oxygen atoms in total. The third kappa shape index (κ3) is 7.49. The van der Waals surface area contributed by atoms with Crippen molar-refractivity contribution in [3.8, 4) is 11.4 Å².